The lowest BCUT2D eigenvalue weighted by molar-refractivity contribution is -0.155. The zero-order valence-corrected chi connectivity index (χ0v) is 55.9. The molecule has 22 heteroatoms. The molecule has 92 heavy (non-hydrogen) atoms. The molecule has 10 aromatic rings. The van der Waals surface area contributed by atoms with Gasteiger partial charge < -0.3 is 23.6 Å². The van der Waals surface area contributed by atoms with Crippen molar-refractivity contribution in [2.24, 2.45) is 9.98 Å². The maximum Gasteiger partial charge on any atom is 0.308 e. The monoisotopic (exact) mass is 1290 g/mol. The topological polar surface area (TPSA) is 220 Å². The van der Waals surface area contributed by atoms with Crippen molar-refractivity contribution < 1.29 is 33.1 Å². The van der Waals surface area contributed by atoms with Crippen molar-refractivity contribution in [1.29, 1.82) is 0 Å². The van der Waals surface area contributed by atoms with Gasteiger partial charge in [0.1, 0.15) is 57.4 Å². The Morgan fingerprint density at radius 2 is 1.40 bits per heavy atom. The average molecular weight is 1290 g/mol. The van der Waals surface area contributed by atoms with Gasteiger partial charge in [-0.25, -0.2) is 0 Å². The predicted molar refractivity (Wildman–Crippen MR) is 358 cm³/mol. The number of carbonyl (C=O) groups is 3. The van der Waals surface area contributed by atoms with Gasteiger partial charge in [-0.3, -0.25) is 43.5 Å². The lowest BCUT2D eigenvalue weighted by atomic mass is 9.99. The number of aryl methyl sites for hydroxylation is 5. The van der Waals surface area contributed by atoms with Crippen molar-refractivity contribution >= 4 is 80.2 Å². The largest absolute Gasteiger partial charge is 0.497 e. The van der Waals surface area contributed by atoms with E-state index in [1.807, 2.05) is 173 Å². The van der Waals surface area contributed by atoms with E-state index in [2.05, 4.69) is 49.4 Å². The van der Waals surface area contributed by atoms with E-state index in [9.17, 15) is 14.4 Å². The van der Waals surface area contributed by atoms with Crippen molar-refractivity contribution in [2.45, 2.75) is 132 Å². The number of pyridine rings is 2. The van der Waals surface area contributed by atoms with Gasteiger partial charge >= 0.3 is 5.97 Å². The molecule has 3 atom stereocenters. The number of fused-ring (bicyclic) bond motifs is 9. The number of methoxy groups -OCH3 is 2. The Balaban J connectivity index is 0.000000141. The van der Waals surface area contributed by atoms with Crippen LogP contribution in [0.15, 0.2) is 124 Å². The number of anilines is 1. The molecule has 0 saturated heterocycles. The summed E-state index contributed by atoms with van der Waals surface area (Å²) >= 11 is 13.9. The number of aromatic nitrogens is 9. The van der Waals surface area contributed by atoms with Crippen LogP contribution in [-0.4, -0.2) is 93.6 Å². The summed E-state index contributed by atoms with van der Waals surface area (Å²) in [4.78, 5) is 60.5. The lowest BCUT2D eigenvalue weighted by Gasteiger charge is -2.26. The number of aliphatic imine (C=N–C) groups is 2. The fraction of sp³-hybridized carbons (Fsp3) is 0.314. The van der Waals surface area contributed by atoms with Crippen molar-refractivity contribution in [3.63, 3.8) is 0 Å². The summed E-state index contributed by atoms with van der Waals surface area (Å²) in [6, 6.07) is 29.6. The molecule has 3 aliphatic rings. The second kappa shape index (κ2) is 26.5. The molecule has 0 unspecified atom stereocenters. The molecular formula is C70H70Cl2N12O7S. The average Bonchev–Trinajstić information content (AvgIpc) is 1.56. The highest BCUT2D eigenvalue weighted by Gasteiger charge is 2.37. The number of hydrogen-bond acceptors (Lipinski definition) is 17. The number of halogens is 2. The number of nitrogens with zero attached hydrogens (tertiary/aromatic N) is 12. The maximum absolute atomic E-state index is 13.0. The van der Waals surface area contributed by atoms with E-state index in [0.717, 1.165) is 124 Å². The first-order chi connectivity index (χ1) is 44.0. The van der Waals surface area contributed by atoms with Crippen LogP contribution in [0.1, 0.15) is 157 Å². The van der Waals surface area contributed by atoms with Gasteiger partial charge in [-0.1, -0.05) is 65.6 Å². The number of ketones is 1. The molecular weight excluding hydrogens is 1220 g/mol. The number of thiophene rings is 1. The first-order valence-corrected chi connectivity index (χ1v) is 31.8. The van der Waals surface area contributed by atoms with Crippen molar-refractivity contribution in [2.75, 3.05) is 19.1 Å². The number of esters is 1. The molecule has 472 valence electrons. The van der Waals surface area contributed by atoms with Crippen LogP contribution in [0.4, 0.5) is 5.69 Å². The summed E-state index contributed by atoms with van der Waals surface area (Å²) in [7, 11) is 3.28. The van der Waals surface area contributed by atoms with Gasteiger partial charge in [0, 0.05) is 78.9 Å². The quantitative estimate of drug-likeness (QED) is 0.0981. The van der Waals surface area contributed by atoms with Gasteiger partial charge in [-0.2, -0.15) is 0 Å². The van der Waals surface area contributed by atoms with Crippen LogP contribution >= 0.6 is 34.5 Å². The van der Waals surface area contributed by atoms with E-state index in [1.54, 1.807) is 38.0 Å². The van der Waals surface area contributed by atoms with E-state index < -0.39 is 17.7 Å². The van der Waals surface area contributed by atoms with Gasteiger partial charge in [0.25, 0.3) is 0 Å². The molecule has 13 rings (SSSR count). The van der Waals surface area contributed by atoms with E-state index in [-0.39, 0.29) is 36.5 Å². The minimum atomic E-state index is -0.569. The van der Waals surface area contributed by atoms with Crippen LogP contribution in [0.2, 0.25) is 10.0 Å². The lowest BCUT2D eigenvalue weighted by Crippen LogP contribution is -2.30. The molecule has 1 amide bonds. The van der Waals surface area contributed by atoms with Crippen LogP contribution in [0, 0.1) is 41.5 Å². The molecule has 0 aliphatic carbocycles. The van der Waals surface area contributed by atoms with Gasteiger partial charge in [-0.05, 0) is 148 Å². The summed E-state index contributed by atoms with van der Waals surface area (Å²) in [6.07, 6.45) is 5.57. The number of carbonyl (C=O) groups excluding carboxylic acids is 3. The summed E-state index contributed by atoms with van der Waals surface area (Å²) in [5.74, 6) is 4.84. The third-order valence-electron chi connectivity index (χ3n) is 16.2. The van der Waals surface area contributed by atoms with Crippen molar-refractivity contribution in [1.82, 2.24) is 44.7 Å². The molecule has 0 N–H and O–H groups in total. The Labute approximate surface area is 547 Å². The Hall–Kier alpha value is -9.24. The fourth-order valence-corrected chi connectivity index (χ4v) is 13.3. The summed E-state index contributed by atoms with van der Waals surface area (Å²) in [5.41, 5.74) is 12.9. The highest BCUT2D eigenvalue weighted by Crippen LogP contribution is 2.46. The molecule has 6 aromatic heterocycles. The van der Waals surface area contributed by atoms with Crippen molar-refractivity contribution in [3.8, 4) is 33.3 Å². The first-order valence-electron chi connectivity index (χ1n) is 30.3. The van der Waals surface area contributed by atoms with E-state index >= 15 is 0 Å². The number of rotatable bonds is 13. The zero-order chi connectivity index (χ0) is 65.4. The van der Waals surface area contributed by atoms with Crippen LogP contribution < -0.4 is 14.4 Å². The zero-order valence-electron chi connectivity index (χ0n) is 53.5. The normalized spacial score (nSPS) is 15.0. The standard InChI is InChI=1S/C24H22N4O3.C23H25ClN4O2S.C23H23ClN4O2/c1-13-23(15(3)31-27-13)18-10-20-17(11-21(18)30-4)24-16(12-26-20)9-22(29)28(24)14(2)19-7-5-6-8-25-19;1-12-13(2)31-22-19(12)20(15-7-9-16(24)10-8-15)25-17(11-18(29)30-23(4,5)6)21-27-26-14(3)28(21)22;1-4-5-17(29)12-20-23-27-26-14(2)28(23)21-11-10-18(30-3)13-19(21)22(25-20)15-6-8-16(24)9-7-15/h5-8,10-12,14H,9H2,1-4H3;7-10,17H,11H2,1-6H3;6-11,13,20H,4-5,12H2,1-3H3/t14-;17-;20-/m100/s1. The first kappa shape index (κ1) is 64.3. The molecule has 9 heterocycles. The molecule has 0 bridgehead atoms. The third kappa shape index (κ3) is 12.9. The third-order valence-corrected chi connectivity index (χ3v) is 17.9. The summed E-state index contributed by atoms with van der Waals surface area (Å²) < 4.78 is 26.2. The smallest absolute Gasteiger partial charge is 0.308 e. The number of Topliss-reactive ketones (excluding diaryl/α,β-unsaturated/α-hetero) is 1. The predicted octanol–water partition coefficient (Wildman–Crippen LogP) is 15.0. The molecule has 0 radical (unpaired) electrons. The number of hydrogen-bond donors (Lipinski definition) is 0. The van der Waals surface area contributed by atoms with Gasteiger partial charge in [0.05, 0.1) is 78.4 Å². The Morgan fingerprint density at radius 3 is 2.02 bits per heavy atom. The van der Waals surface area contributed by atoms with Crippen LogP contribution in [0.25, 0.3) is 32.7 Å². The minimum absolute atomic E-state index is 0.0382. The van der Waals surface area contributed by atoms with Crippen LogP contribution in [-0.2, 0) is 25.5 Å². The molecule has 3 aliphatic heterocycles. The molecule has 0 saturated carbocycles. The number of benzene rings is 4. The number of amides is 1. The summed E-state index contributed by atoms with van der Waals surface area (Å²) in [6.45, 7) is 21.4. The van der Waals surface area contributed by atoms with Crippen LogP contribution in [0.5, 0.6) is 11.5 Å². The summed E-state index contributed by atoms with van der Waals surface area (Å²) in [5, 5.41) is 24.7. The molecule has 19 nitrogen and oxygen atoms in total. The van der Waals surface area contributed by atoms with Crippen LogP contribution in [0.3, 0.4) is 0 Å². The van der Waals surface area contributed by atoms with Gasteiger partial charge in [0.2, 0.25) is 5.91 Å². The van der Waals surface area contributed by atoms with Gasteiger partial charge in [0.15, 0.2) is 11.6 Å². The molecule has 0 fully saturated rings. The molecule has 4 aromatic carbocycles. The van der Waals surface area contributed by atoms with Gasteiger partial charge in [-0.15, -0.1) is 31.7 Å². The Bertz CT molecular complexity index is 4510. The SMILES string of the molecule is CCCC(=O)C[C@@H]1N=C(c2ccc(Cl)cc2)c2cc(OC)ccc2-n2c(C)nnc21.COc1cc2c3c(cnc2cc1-c1c(C)noc1C)CC(=O)N3[C@H](C)c1ccccn1.Cc1sc2c(c1C)C(c1ccc(Cl)cc1)=N[C@@H](CC(=O)OC(C)(C)C)c1nnc(C)n1-2. The second-order valence-corrected chi connectivity index (χ2v) is 25.9. The molecule has 0 spiro atoms. The highest BCUT2D eigenvalue weighted by molar-refractivity contribution is 7.15. The van der Waals surface area contributed by atoms with Crippen molar-refractivity contribution in [3.05, 3.63) is 198 Å². The fourth-order valence-electron chi connectivity index (χ4n) is 11.9. The number of ether oxygens (including phenoxy) is 3. The van der Waals surface area contributed by atoms with E-state index in [4.69, 9.17) is 51.9 Å². The van der Waals surface area contributed by atoms with E-state index in [0.29, 0.717) is 40.3 Å². The highest BCUT2D eigenvalue weighted by atomic mass is 35.5. The minimum Gasteiger partial charge on any atom is -0.497 e. The second-order valence-electron chi connectivity index (χ2n) is 23.8. The maximum atomic E-state index is 13.0. The van der Waals surface area contributed by atoms with E-state index in [1.165, 1.54) is 4.88 Å². The Morgan fingerprint density at radius 1 is 0.750 bits per heavy atom. The Kier molecular flexibility index (Phi) is 18.5.